The maximum atomic E-state index is 14.8. The second-order valence-corrected chi connectivity index (χ2v) is 9.96. The highest BCUT2D eigenvalue weighted by Crippen LogP contribution is 2.18. The Morgan fingerprint density at radius 2 is 1.50 bits per heavy atom. The lowest BCUT2D eigenvalue weighted by atomic mass is 9.79. The van der Waals surface area contributed by atoms with Gasteiger partial charge in [0, 0.05) is 13.1 Å². The van der Waals surface area contributed by atoms with Gasteiger partial charge in [-0.1, -0.05) is 0 Å². The fourth-order valence-electron chi connectivity index (χ4n) is 4.18. The lowest BCUT2D eigenvalue weighted by Crippen LogP contribution is -2.43. The van der Waals surface area contributed by atoms with Crippen molar-refractivity contribution in [2.24, 2.45) is 0 Å². The molecule has 0 aromatic heterocycles. The molecule has 2 aliphatic rings. The Balaban J connectivity index is 1.49. The summed E-state index contributed by atoms with van der Waals surface area (Å²) in [5, 5.41) is 22.0. The molecule has 4 rings (SSSR count). The highest BCUT2D eigenvalue weighted by Gasteiger charge is 2.32. The first kappa shape index (κ1) is 27.7. The molecular weight excluding hydrogens is 504 g/mol. The van der Waals surface area contributed by atoms with Crippen LogP contribution in [-0.2, 0) is 32.1 Å². The minimum Gasteiger partial charge on any atom is -0.459 e. The van der Waals surface area contributed by atoms with Crippen LogP contribution in [0.5, 0.6) is 0 Å². The van der Waals surface area contributed by atoms with E-state index in [1.165, 1.54) is 12.1 Å². The van der Waals surface area contributed by atoms with Crippen molar-refractivity contribution in [3.63, 3.8) is 0 Å². The van der Waals surface area contributed by atoms with Crippen molar-refractivity contribution >= 4 is 42.9 Å². The number of ether oxygens (including phenoxy) is 1. The van der Waals surface area contributed by atoms with Crippen molar-refractivity contribution in [3.8, 4) is 0 Å². The minimum absolute atomic E-state index is 0.0175. The van der Waals surface area contributed by atoms with Gasteiger partial charge in [0.15, 0.2) is 0 Å². The van der Waals surface area contributed by atoms with Crippen molar-refractivity contribution < 1.29 is 47.3 Å². The predicted molar refractivity (Wildman–Crippen MR) is 132 cm³/mol. The second-order valence-electron chi connectivity index (χ2n) is 9.96. The van der Waals surface area contributed by atoms with Crippen molar-refractivity contribution in [1.82, 2.24) is 10.2 Å². The van der Waals surface area contributed by atoms with Crippen LogP contribution in [0.2, 0.25) is 0 Å². The quantitative estimate of drug-likeness (QED) is 0.326. The number of carbonyl (C=O) groups is 3. The van der Waals surface area contributed by atoms with Crippen LogP contribution in [0.3, 0.4) is 0 Å². The molecular formula is C24H26B2F2N2O8. The van der Waals surface area contributed by atoms with E-state index in [4.69, 9.17) is 14.0 Å². The maximum Gasteiger partial charge on any atom is 0.491 e. The third-order valence-electron chi connectivity index (χ3n) is 5.95. The maximum absolute atomic E-state index is 14.8. The zero-order chi connectivity index (χ0) is 27.8. The van der Waals surface area contributed by atoms with E-state index in [0.29, 0.717) is 11.1 Å². The van der Waals surface area contributed by atoms with Crippen LogP contribution in [0.15, 0.2) is 24.3 Å². The molecule has 0 bridgehead atoms. The largest absolute Gasteiger partial charge is 0.491 e. The zero-order valence-corrected chi connectivity index (χ0v) is 21.0. The van der Waals surface area contributed by atoms with Gasteiger partial charge < -0.3 is 34.3 Å². The lowest BCUT2D eigenvalue weighted by Gasteiger charge is -2.25. The van der Waals surface area contributed by atoms with Crippen molar-refractivity contribution in [2.45, 2.75) is 39.6 Å². The molecule has 2 aromatic rings. The number of rotatable bonds is 7. The average molecular weight is 530 g/mol. The van der Waals surface area contributed by atoms with Crippen LogP contribution in [0.1, 0.15) is 52.6 Å². The third kappa shape index (κ3) is 6.04. The molecule has 0 saturated carbocycles. The molecule has 200 valence electrons. The van der Waals surface area contributed by atoms with Gasteiger partial charge >= 0.3 is 20.2 Å². The van der Waals surface area contributed by atoms with Crippen LogP contribution >= 0.6 is 0 Å². The van der Waals surface area contributed by atoms with Crippen molar-refractivity contribution in [1.29, 1.82) is 0 Å². The highest BCUT2D eigenvalue weighted by atomic mass is 19.1. The zero-order valence-electron chi connectivity index (χ0n) is 21.0. The molecule has 38 heavy (non-hydrogen) atoms. The van der Waals surface area contributed by atoms with E-state index in [2.05, 4.69) is 5.32 Å². The number of benzene rings is 2. The molecule has 2 amide bonds. The summed E-state index contributed by atoms with van der Waals surface area (Å²) in [4.78, 5) is 39.4. The topological polar surface area (TPSA) is 135 Å². The fourth-order valence-corrected chi connectivity index (χ4v) is 4.18. The van der Waals surface area contributed by atoms with E-state index >= 15 is 0 Å². The molecule has 0 atom stereocenters. The number of nitrogens with one attached hydrogen (secondary N) is 1. The van der Waals surface area contributed by atoms with Crippen molar-refractivity contribution in [2.75, 3.05) is 19.6 Å². The molecule has 0 aliphatic carbocycles. The van der Waals surface area contributed by atoms with E-state index in [9.17, 15) is 33.2 Å². The number of carbonyl (C=O) groups excluding carboxylic acids is 3. The summed E-state index contributed by atoms with van der Waals surface area (Å²) in [5.74, 6) is -4.16. The summed E-state index contributed by atoms with van der Waals surface area (Å²) in [6.45, 7) is 3.99. The summed E-state index contributed by atoms with van der Waals surface area (Å²) in [5.41, 5.74) is -0.133. The minimum atomic E-state index is -1.30. The van der Waals surface area contributed by atoms with Crippen LogP contribution < -0.4 is 16.2 Å². The molecule has 0 fully saturated rings. The van der Waals surface area contributed by atoms with Gasteiger partial charge in [-0.25, -0.2) is 8.78 Å². The molecule has 0 spiro atoms. The highest BCUT2D eigenvalue weighted by molar-refractivity contribution is 6.62. The second kappa shape index (κ2) is 10.8. The van der Waals surface area contributed by atoms with Gasteiger partial charge in [-0.2, -0.15) is 0 Å². The normalized spacial score (nSPS) is 14.3. The number of amides is 2. The van der Waals surface area contributed by atoms with Crippen LogP contribution in [0.4, 0.5) is 8.78 Å². The smallest absolute Gasteiger partial charge is 0.459 e. The van der Waals surface area contributed by atoms with Gasteiger partial charge in [-0.05, 0) is 67.1 Å². The van der Waals surface area contributed by atoms with E-state index in [0.717, 1.165) is 17.0 Å². The van der Waals surface area contributed by atoms with Gasteiger partial charge in [-0.15, -0.1) is 0 Å². The summed E-state index contributed by atoms with van der Waals surface area (Å²) >= 11 is 0. The number of fused-ring (bicyclic) bond motifs is 2. The summed E-state index contributed by atoms with van der Waals surface area (Å²) < 4.78 is 44.7. The molecule has 0 unspecified atom stereocenters. The Bertz CT molecular complexity index is 1290. The molecule has 0 saturated heterocycles. The predicted octanol–water partition coefficient (Wildman–Crippen LogP) is -0.386. The Morgan fingerprint density at radius 3 is 2.05 bits per heavy atom. The standard InChI is InChI=1S/C24H26B2F2N2O8/c1-24(2,3)38-21(31)10-30(23(33)16-7-14-12-37-26(35)18(14)9-20(16)28)5-4-29-22(32)15-6-13-11-36-25(34)17(13)8-19(15)27/h6-9,34-35H,4-5,10-12H2,1-3H3,(H,29,32). The van der Waals surface area contributed by atoms with E-state index < -0.39 is 55.8 Å². The summed E-state index contributed by atoms with van der Waals surface area (Å²) in [6, 6.07) is 4.55. The van der Waals surface area contributed by atoms with E-state index in [-0.39, 0.29) is 48.4 Å². The van der Waals surface area contributed by atoms with Gasteiger partial charge in [0.1, 0.15) is 23.8 Å². The molecule has 0 radical (unpaired) electrons. The number of nitrogens with zero attached hydrogens (tertiary/aromatic N) is 1. The number of hydrogen-bond donors (Lipinski definition) is 3. The monoisotopic (exact) mass is 530 g/mol. The first-order valence-corrected chi connectivity index (χ1v) is 11.9. The van der Waals surface area contributed by atoms with Crippen LogP contribution in [0.25, 0.3) is 0 Å². The van der Waals surface area contributed by atoms with E-state index in [1.54, 1.807) is 20.8 Å². The fraction of sp³-hybridized carbons (Fsp3) is 0.375. The Labute approximate surface area is 218 Å². The number of esters is 1. The molecule has 2 aliphatic heterocycles. The Kier molecular flexibility index (Phi) is 7.88. The van der Waals surface area contributed by atoms with E-state index in [1.807, 2.05) is 0 Å². The van der Waals surface area contributed by atoms with Crippen molar-refractivity contribution in [3.05, 3.63) is 58.2 Å². The molecule has 2 aromatic carbocycles. The lowest BCUT2D eigenvalue weighted by molar-refractivity contribution is -0.155. The first-order chi connectivity index (χ1) is 17.8. The van der Waals surface area contributed by atoms with Gasteiger partial charge in [0.05, 0.1) is 24.3 Å². The molecule has 2 heterocycles. The van der Waals surface area contributed by atoms with Crippen LogP contribution in [-0.4, -0.2) is 72.2 Å². The van der Waals surface area contributed by atoms with Gasteiger partial charge in [-0.3, -0.25) is 14.4 Å². The Hall–Kier alpha value is -3.32. The number of halogens is 2. The van der Waals surface area contributed by atoms with Crippen LogP contribution in [0, 0.1) is 11.6 Å². The average Bonchev–Trinajstić information content (AvgIpc) is 3.37. The van der Waals surface area contributed by atoms with Gasteiger partial charge in [0.25, 0.3) is 11.8 Å². The third-order valence-corrected chi connectivity index (χ3v) is 5.95. The SMILES string of the molecule is CC(C)(C)OC(=O)CN(CCNC(=O)c1cc2c(cc1F)B(O)OC2)C(=O)c1cc2c(cc1F)B(O)OC2. The Morgan fingerprint density at radius 1 is 0.974 bits per heavy atom. The molecule has 3 N–H and O–H groups in total. The van der Waals surface area contributed by atoms with Gasteiger partial charge in [0.2, 0.25) is 0 Å². The summed E-state index contributed by atoms with van der Waals surface area (Å²) in [6.07, 6.45) is 0. The summed E-state index contributed by atoms with van der Waals surface area (Å²) in [7, 11) is -2.57. The molecule has 10 nitrogen and oxygen atoms in total. The number of hydrogen-bond acceptors (Lipinski definition) is 8. The molecule has 14 heteroatoms. The first-order valence-electron chi connectivity index (χ1n) is 11.9.